The number of benzene rings is 1. The number of aromatic amines is 1. The summed E-state index contributed by atoms with van der Waals surface area (Å²) in [5, 5.41) is 0. The number of aryl methyl sites for hydroxylation is 1. The van der Waals surface area contributed by atoms with E-state index in [-0.39, 0.29) is 25.0 Å². The van der Waals surface area contributed by atoms with Gasteiger partial charge in [0.25, 0.3) is 0 Å². The molecule has 0 spiro atoms. The minimum Gasteiger partial charge on any atom is -0.466 e. The van der Waals surface area contributed by atoms with Gasteiger partial charge in [0.2, 0.25) is 0 Å². The molecule has 1 heterocycles. The maximum atomic E-state index is 12.9. The second-order valence-electron chi connectivity index (χ2n) is 7.23. The number of hydrogen-bond acceptors (Lipinski definition) is 6. The SMILES string of the molecule is CCOC(=O)CCc1c(C(=O)OCc2ccccc2)[nH]c2c1C(OC(C)=O)CCC2. The molecule has 0 bridgehead atoms. The van der Waals surface area contributed by atoms with Gasteiger partial charge in [0.15, 0.2) is 0 Å². The lowest BCUT2D eigenvalue weighted by Gasteiger charge is -2.23. The Labute approximate surface area is 175 Å². The highest BCUT2D eigenvalue weighted by Gasteiger charge is 2.32. The summed E-state index contributed by atoms with van der Waals surface area (Å²) in [6.07, 6.45) is 2.25. The van der Waals surface area contributed by atoms with Crippen molar-refractivity contribution in [2.45, 2.75) is 58.7 Å². The largest absolute Gasteiger partial charge is 0.466 e. The van der Waals surface area contributed by atoms with Crippen molar-refractivity contribution in [3.8, 4) is 0 Å². The van der Waals surface area contributed by atoms with Gasteiger partial charge >= 0.3 is 17.9 Å². The Morgan fingerprint density at radius 2 is 1.90 bits per heavy atom. The first-order chi connectivity index (χ1) is 14.5. The minimum atomic E-state index is -0.492. The Bertz CT molecular complexity index is 902. The van der Waals surface area contributed by atoms with Crippen LogP contribution in [0.1, 0.15) is 72.1 Å². The summed E-state index contributed by atoms with van der Waals surface area (Å²) in [4.78, 5) is 39.6. The second-order valence-corrected chi connectivity index (χ2v) is 7.23. The van der Waals surface area contributed by atoms with E-state index in [9.17, 15) is 14.4 Å². The number of carbonyl (C=O) groups is 3. The van der Waals surface area contributed by atoms with Gasteiger partial charge in [0.05, 0.1) is 6.61 Å². The number of fused-ring (bicyclic) bond motifs is 1. The smallest absolute Gasteiger partial charge is 0.355 e. The van der Waals surface area contributed by atoms with Crippen LogP contribution in [0.15, 0.2) is 30.3 Å². The normalized spacial score (nSPS) is 15.2. The molecule has 0 saturated heterocycles. The Morgan fingerprint density at radius 1 is 1.13 bits per heavy atom. The molecule has 1 aliphatic rings. The summed E-state index contributed by atoms with van der Waals surface area (Å²) < 4.78 is 16.0. The average molecular weight is 413 g/mol. The summed E-state index contributed by atoms with van der Waals surface area (Å²) in [5.41, 5.74) is 3.53. The number of H-pyrrole nitrogens is 1. The first kappa shape index (κ1) is 21.6. The van der Waals surface area contributed by atoms with Crippen molar-refractivity contribution in [2.75, 3.05) is 6.61 Å². The molecule has 0 aliphatic heterocycles. The highest BCUT2D eigenvalue weighted by Crippen LogP contribution is 2.37. The number of nitrogens with one attached hydrogen (secondary N) is 1. The zero-order valence-corrected chi connectivity index (χ0v) is 17.4. The van der Waals surface area contributed by atoms with Crippen molar-refractivity contribution in [1.29, 1.82) is 0 Å². The van der Waals surface area contributed by atoms with Crippen LogP contribution in [-0.4, -0.2) is 29.5 Å². The van der Waals surface area contributed by atoms with Crippen molar-refractivity contribution in [1.82, 2.24) is 4.98 Å². The molecule has 7 nitrogen and oxygen atoms in total. The predicted molar refractivity (Wildman–Crippen MR) is 109 cm³/mol. The third kappa shape index (κ3) is 5.28. The van der Waals surface area contributed by atoms with Crippen LogP contribution in [0, 0.1) is 0 Å². The molecule has 0 radical (unpaired) electrons. The number of esters is 3. The van der Waals surface area contributed by atoms with E-state index >= 15 is 0 Å². The van der Waals surface area contributed by atoms with E-state index in [4.69, 9.17) is 14.2 Å². The molecule has 0 fully saturated rings. The fourth-order valence-electron chi connectivity index (χ4n) is 3.81. The molecule has 0 saturated carbocycles. The number of rotatable bonds is 8. The molecule has 30 heavy (non-hydrogen) atoms. The third-order valence-corrected chi connectivity index (χ3v) is 5.05. The van der Waals surface area contributed by atoms with Gasteiger partial charge in [0.1, 0.15) is 18.4 Å². The van der Waals surface area contributed by atoms with E-state index in [1.165, 1.54) is 6.92 Å². The van der Waals surface area contributed by atoms with Crippen LogP contribution < -0.4 is 0 Å². The Kier molecular flexibility index (Phi) is 7.27. The molecular weight excluding hydrogens is 386 g/mol. The second kappa shape index (κ2) is 10.1. The monoisotopic (exact) mass is 413 g/mol. The lowest BCUT2D eigenvalue weighted by Crippen LogP contribution is -2.17. The summed E-state index contributed by atoms with van der Waals surface area (Å²) >= 11 is 0. The number of aromatic nitrogens is 1. The standard InChI is InChI=1S/C23H27NO6/c1-3-28-20(26)13-12-17-21-18(10-7-11-19(21)30-15(2)25)24-22(17)23(27)29-14-16-8-5-4-6-9-16/h4-6,8-9,19,24H,3,7,10-14H2,1-2H3. The molecule has 1 atom stereocenters. The Balaban J connectivity index is 1.86. The Hall–Kier alpha value is -3.09. The van der Waals surface area contributed by atoms with E-state index in [0.717, 1.165) is 29.7 Å². The topological polar surface area (TPSA) is 94.7 Å². The van der Waals surface area contributed by atoms with Gasteiger partial charge in [-0.1, -0.05) is 30.3 Å². The zero-order chi connectivity index (χ0) is 21.5. The lowest BCUT2D eigenvalue weighted by atomic mass is 9.90. The van der Waals surface area contributed by atoms with E-state index < -0.39 is 12.1 Å². The molecule has 1 aliphatic carbocycles. The maximum absolute atomic E-state index is 12.9. The Morgan fingerprint density at radius 3 is 2.60 bits per heavy atom. The number of ether oxygens (including phenoxy) is 3. The first-order valence-corrected chi connectivity index (χ1v) is 10.3. The molecule has 3 rings (SSSR count). The van der Waals surface area contributed by atoms with Crippen LogP contribution in [0.5, 0.6) is 0 Å². The summed E-state index contributed by atoms with van der Waals surface area (Å²) in [5.74, 6) is -1.21. The molecule has 1 aromatic carbocycles. The molecule has 0 amide bonds. The number of hydrogen-bond donors (Lipinski definition) is 1. The van der Waals surface area contributed by atoms with Crippen LogP contribution >= 0.6 is 0 Å². The van der Waals surface area contributed by atoms with Gasteiger partial charge in [-0.3, -0.25) is 9.59 Å². The molecule has 160 valence electrons. The fourth-order valence-corrected chi connectivity index (χ4v) is 3.81. The third-order valence-electron chi connectivity index (χ3n) is 5.05. The molecule has 1 N–H and O–H groups in total. The van der Waals surface area contributed by atoms with E-state index in [2.05, 4.69) is 4.98 Å². The van der Waals surface area contributed by atoms with E-state index in [1.807, 2.05) is 30.3 Å². The summed E-state index contributed by atoms with van der Waals surface area (Å²) in [6.45, 7) is 3.56. The van der Waals surface area contributed by atoms with Crippen molar-refractivity contribution in [3.63, 3.8) is 0 Å². The lowest BCUT2D eigenvalue weighted by molar-refractivity contribution is -0.147. The van der Waals surface area contributed by atoms with Gasteiger partial charge < -0.3 is 19.2 Å². The summed E-state index contributed by atoms with van der Waals surface area (Å²) in [6, 6.07) is 9.42. The van der Waals surface area contributed by atoms with Crippen molar-refractivity contribution < 1.29 is 28.6 Å². The quantitative estimate of drug-likeness (QED) is 0.522. The highest BCUT2D eigenvalue weighted by atomic mass is 16.5. The molecule has 1 aromatic heterocycles. The van der Waals surface area contributed by atoms with Crippen molar-refractivity contribution in [3.05, 3.63) is 58.4 Å². The van der Waals surface area contributed by atoms with Crippen LogP contribution in [0.2, 0.25) is 0 Å². The van der Waals surface area contributed by atoms with Gasteiger partial charge in [-0.25, -0.2) is 4.79 Å². The molecule has 2 aromatic rings. The van der Waals surface area contributed by atoms with Crippen molar-refractivity contribution >= 4 is 17.9 Å². The minimum absolute atomic E-state index is 0.129. The first-order valence-electron chi connectivity index (χ1n) is 10.3. The number of carbonyl (C=O) groups excluding carboxylic acids is 3. The molecular formula is C23H27NO6. The van der Waals surface area contributed by atoms with Gasteiger partial charge in [-0.2, -0.15) is 0 Å². The average Bonchev–Trinajstić information content (AvgIpc) is 3.11. The van der Waals surface area contributed by atoms with E-state index in [0.29, 0.717) is 30.7 Å². The molecule has 7 heteroatoms. The van der Waals surface area contributed by atoms with Crippen molar-refractivity contribution in [2.24, 2.45) is 0 Å². The predicted octanol–water partition coefficient (Wildman–Crippen LogP) is 3.81. The van der Waals surface area contributed by atoms with Crippen LogP contribution in [0.4, 0.5) is 0 Å². The maximum Gasteiger partial charge on any atom is 0.355 e. The fraction of sp³-hybridized carbons (Fsp3) is 0.435. The zero-order valence-electron chi connectivity index (χ0n) is 17.4. The molecule has 1 unspecified atom stereocenters. The van der Waals surface area contributed by atoms with Crippen LogP contribution in [-0.2, 0) is 43.2 Å². The van der Waals surface area contributed by atoms with E-state index in [1.54, 1.807) is 6.92 Å². The van der Waals surface area contributed by atoms with Gasteiger partial charge in [-0.15, -0.1) is 0 Å². The van der Waals surface area contributed by atoms with Gasteiger partial charge in [-0.05, 0) is 43.7 Å². The van der Waals surface area contributed by atoms with Gasteiger partial charge in [0, 0.05) is 24.6 Å². The van der Waals surface area contributed by atoms with Crippen LogP contribution in [0.3, 0.4) is 0 Å². The highest BCUT2D eigenvalue weighted by molar-refractivity contribution is 5.90. The summed E-state index contributed by atoms with van der Waals surface area (Å²) in [7, 11) is 0. The van der Waals surface area contributed by atoms with Crippen LogP contribution in [0.25, 0.3) is 0 Å².